The summed E-state index contributed by atoms with van der Waals surface area (Å²) < 4.78 is 33.3. The van der Waals surface area contributed by atoms with E-state index < -0.39 is 10.1 Å². The lowest BCUT2D eigenvalue weighted by Gasteiger charge is -2.04. The molecule has 0 atom stereocenters. The number of hydrogen-bond acceptors (Lipinski definition) is 6. The Balaban J connectivity index is 2.55. The van der Waals surface area contributed by atoms with E-state index in [2.05, 4.69) is 16.4 Å². The predicted molar refractivity (Wildman–Crippen MR) is 93.4 cm³/mol. The van der Waals surface area contributed by atoms with Gasteiger partial charge in [-0.15, -0.1) is 0 Å². The number of oxime groups is 1. The number of nitrogens with zero attached hydrogens (tertiary/aromatic N) is 2. The zero-order valence-electron chi connectivity index (χ0n) is 14.2. The highest BCUT2D eigenvalue weighted by atomic mass is 32.2. The molecule has 0 aliphatic heterocycles. The lowest BCUT2D eigenvalue weighted by Crippen LogP contribution is -2.09. The molecule has 0 saturated carbocycles. The molecule has 24 heavy (non-hydrogen) atoms. The summed E-state index contributed by atoms with van der Waals surface area (Å²) in [6.45, 7) is 2.13. The second kappa shape index (κ2) is 10.7. The fraction of sp³-hybridized carbons (Fsp3) is 0.529. The Morgan fingerprint density at radius 3 is 2.33 bits per heavy atom. The molecule has 132 valence electrons. The molecule has 0 aromatic heterocycles. The summed E-state index contributed by atoms with van der Waals surface area (Å²) in [6.07, 6.45) is 5.83. The number of benzene rings is 1. The Bertz CT molecular complexity index is 661. The van der Waals surface area contributed by atoms with Gasteiger partial charge in [0.05, 0.1) is 12.9 Å². The van der Waals surface area contributed by atoms with Crippen LogP contribution in [0.3, 0.4) is 0 Å². The fourth-order valence-electron chi connectivity index (χ4n) is 2.08. The van der Waals surface area contributed by atoms with Gasteiger partial charge in [-0.1, -0.05) is 44.2 Å². The zero-order valence-corrected chi connectivity index (χ0v) is 15.0. The van der Waals surface area contributed by atoms with Gasteiger partial charge in [0.25, 0.3) is 0 Å². The molecule has 0 bridgehead atoms. The van der Waals surface area contributed by atoms with Crippen molar-refractivity contribution in [2.75, 3.05) is 12.9 Å². The van der Waals surface area contributed by atoms with E-state index in [1.165, 1.54) is 13.5 Å². The second-order valence-corrected chi connectivity index (χ2v) is 7.06. The molecule has 1 rings (SSSR count). The van der Waals surface area contributed by atoms with Gasteiger partial charge in [0.1, 0.15) is 11.8 Å². The lowest BCUT2D eigenvalue weighted by atomic mass is 10.1. The zero-order chi connectivity index (χ0) is 17.8. The van der Waals surface area contributed by atoms with Crippen LogP contribution in [0.5, 0.6) is 5.75 Å². The highest BCUT2D eigenvalue weighted by Crippen LogP contribution is 2.13. The van der Waals surface area contributed by atoms with E-state index in [0.29, 0.717) is 17.7 Å². The van der Waals surface area contributed by atoms with Crippen LogP contribution in [0.4, 0.5) is 0 Å². The third kappa shape index (κ3) is 7.47. The predicted octanol–water partition coefficient (Wildman–Crippen LogP) is 3.63. The van der Waals surface area contributed by atoms with E-state index in [4.69, 9.17) is 10.00 Å². The van der Waals surface area contributed by atoms with Crippen LogP contribution >= 0.6 is 0 Å². The first-order valence-corrected chi connectivity index (χ1v) is 9.64. The lowest BCUT2D eigenvalue weighted by molar-refractivity contribution is 0.338. The van der Waals surface area contributed by atoms with Crippen molar-refractivity contribution >= 4 is 15.8 Å². The number of ether oxygens (including phenoxy) is 1. The molecule has 0 amide bonds. The molecule has 0 spiro atoms. The smallest absolute Gasteiger partial charge is 0.328 e. The highest BCUT2D eigenvalue weighted by Gasteiger charge is 2.13. The largest absolute Gasteiger partial charge is 0.497 e. The molecule has 1 aromatic rings. The Morgan fingerprint density at radius 1 is 1.12 bits per heavy atom. The normalized spacial score (nSPS) is 11.8. The number of methoxy groups -OCH3 is 1. The van der Waals surface area contributed by atoms with Crippen LogP contribution in [-0.4, -0.2) is 27.0 Å². The molecule has 0 aliphatic carbocycles. The summed E-state index contributed by atoms with van der Waals surface area (Å²) in [7, 11) is -2.23. The second-order valence-electron chi connectivity index (χ2n) is 5.38. The first-order valence-electron chi connectivity index (χ1n) is 8.06. The van der Waals surface area contributed by atoms with Gasteiger partial charge in [0.15, 0.2) is 5.71 Å². The maximum absolute atomic E-state index is 11.8. The van der Waals surface area contributed by atoms with Crippen molar-refractivity contribution in [1.29, 1.82) is 5.26 Å². The van der Waals surface area contributed by atoms with Crippen LogP contribution in [0.2, 0.25) is 0 Å². The molecule has 0 fully saturated rings. The maximum Gasteiger partial charge on any atom is 0.328 e. The molecular weight excluding hydrogens is 328 g/mol. The van der Waals surface area contributed by atoms with Crippen molar-refractivity contribution in [3.8, 4) is 11.8 Å². The molecule has 7 heteroatoms. The third-order valence-corrected chi connectivity index (χ3v) is 4.55. The number of unbranched alkanes of at least 4 members (excludes halogenated alkanes) is 5. The Hall–Kier alpha value is -2.07. The van der Waals surface area contributed by atoms with Gasteiger partial charge < -0.3 is 4.74 Å². The van der Waals surface area contributed by atoms with E-state index in [0.717, 1.165) is 25.7 Å². The van der Waals surface area contributed by atoms with Crippen LogP contribution in [0.25, 0.3) is 0 Å². The van der Waals surface area contributed by atoms with Crippen LogP contribution in [-0.2, 0) is 14.4 Å². The molecular formula is C17H24N2O4S. The average Bonchev–Trinajstić information content (AvgIpc) is 2.59. The maximum atomic E-state index is 11.8. The monoisotopic (exact) mass is 352 g/mol. The number of hydrogen-bond donors (Lipinski definition) is 0. The van der Waals surface area contributed by atoms with Crippen LogP contribution in [0.1, 0.15) is 51.0 Å². The third-order valence-electron chi connectivity index (χ3n) is 3.46. The molecule has 0 unspecified atom stereocenters. The summed E-state index contributed by atoms with van der Waals surface area (Å²) >= 11 is 0. The van der Waals surface area contributed by atoms with Gasteiger partial charge in [-0.05, 0) is 30.7 Å². The molecule has 0 saturated heterocycles. The number of nitriles is 1. The van der Waals surface area contributed by atoms with Crippen molar-refractivity contribution in [3.63, 3.8) is 0 Å². The van der Waals surface area contributed by atoms with Gasteiger partial charge in [-0.3, -0.25) is 4.28 Å². The average molecular weight is 352 g/mol. The standard InChI is InChI=1S/C17H24N2O4S/c1-3-4-5-6-7-8-13-24(20,21)23-19-17(14-18)15-9-11-16(22-2)12-10-15/h9-12H,3-8,13H2,1-2H3. The van der Waals surface area contributed by atoms with Gasteiger partial charge in [-0.25, -0.2) is 0 Å². The molecule has 1 aromatic carbocycles. The van der Waals surface area contributed by atoms with Crippen molar-refractivity contribution in [3.05, 3.63) is 29.8 Å². The van der Waals surface area contributed by atoms with E-state index in [-0.39, 0.29) is 11.5 Å². The minimum Gasteiger partial charge on any atom is -0.497 e. The van der Waals surface area contributed by atoms with Gasteiger partial charge in [-0.2, -0.15) is 13.7 Å². The first kappa shape index (κ1) is 20.0. The highest BCUT2D eigenvalue weighted by molar-refractivity contribution is 7.86. The van der Waals surface area contributed by atoms with Crippen molar-refractivity contribution in [2.45, 2.75) is 45.4 Å². The summed E-state index contributed by atoms with van der Waals surface area (Å²) in [4.78, 5) is 0. The van der Waals surface area contributed by atoms with Crippen molar-refractivity contribution < 1.29 is 17.4 Å². The Labute approximate surface area is 144 Å². The molecule has 0 aliphatic rings. The molecule has 0 N–H and O–H groups in total. The van der Waals surface area contributed by atoms with E-state index in [9.17, 15) is 8.42 Å². The van der Waals surface area contributed by atoms with Gasteiger partial charge in [0.2, 0.25) is 0 Å². The summed E-state index contributed by atoms with van der Waals surface area (Å²) in [6, 6.07) is 8.39. The SMILES string of the molecule is CCCCCCCCS(=O)(=O)ON=C(C#N)c1ccc(OC)cc1. The summed E-state index contributed by atoms with van der Waals surface area (Å²) in [5, 5.41) is 12.6. The van der Waals surface area contributed by atoms with Gasteiger partial charge in [0, 0.05) is 5.56 Å². The van der Waals surface area contributed by atoms with E-state index in [1.54, 1.807) is 24.3 Å². The number of rotatable bonds is 11. The summed E-state index contributed by atoms with van der Waals surface area (Å²) in [5.41, 5.74) is 0.372. The quantitative estimate of drug-likeness (QED) is 0.345. The minimum atomic E-state index is -3.76. The van der Waals surface area contributed by atoms with Crippen molar-refractivity contribution in [1.82, 2.24) is 0 Å². The summed E-state index contributed by atoms with van der Waals surface area (Å²) in [5.74, 6) is 0.539. The Morgan fingerprint density at radius 2 is 1.75 bits per heavy atom. The van der Waals surface area contributed by atoms with E-state index in [1.807, 2.05) is 6.07 Å². The van der Waals surface area contributed by atoms with Crippen LogP contribution < -0.4 is 4.74 Å². The first-order chi connectivity index (χ1) is 11.5. The van der Waals surface area contributed by atoms with Crippen LogP contribution in [0.15, 0.2) is 29.4 Å². The van der Waals surface area contributed by atoms with Crippen molar-refractivity contribution in [2.24, 2.45) is 5.16 Å². The molecule has 0 radical (unpaired) electrons. The topological polar surface area (TPSA) is 88.8 Å². The van der Waals surface area contributed by atoms with Gasteiger partial charge >= 0.3 is 10.1 Å². The fourth-order valence-corrected chi connectivity index (χ4v) is 2.90. The molecule has 0 heterocycles. The van der Waals surface area contributed by atoms with E-state index >= 15 is 0 Å². The molecule has 6 nitrogen and oxygen atoms in total. The minimum absolute atomic E-state index is 0.0933. The van der Waals surface area contributed by atoms with Crippen LogP contribution in [0, 0.1) is 11.3 Å². The Kier molecular flexibility index (Phi) is 8.87.